The lowest BCUT2D eigenvalue weighted by Gasteiger charge is -2.30. The molecule has 12 atom stereocenters. The van der Waals surface area contributed by atoms with Gasteiger partial charge in [-0.2, -0.15) is 15.0 Å². The Hall–Kier alpha value is -6.31. The van der Waals surface area contributed by atoms with Gasteiger partial charge in [0.1, 0.15) is 52.6 Å². The molecule has 0 aliphatic carbocycles. The highest BCUT2D eigenvalue weighted by atomic mass is 35.5. The van der Waals surface area contributed by atoms with Crippen LogP contribution in [0, 0.1) is 32.5 Å². The normalized spacial score (nSPS) is 22.3. The topological polar surface area (TPSA) is 578 Å². The summed E-state index contributed by atoms with van der Waals surface area (Å²) in [4.78, 5) is 132. The Morgan fingerprint density at radius 2 is 0.812 bits per heavy atom. The summed E-state index contributed by atoms with van der Waals surface area (Å²) in [6.07, 6.45) is -13.2. The number of hydrogen-bond acceptors (Lipinski definition) is 41. The number of anilines is 3. The van der Waals surface area contributed by atoms with E-state index < -0.39 is 253 Å². The van der Waals surface area contributed by atoms with Crippen LogP contribution in [0.5, 0.6) is 0 Å². The zero-order valence-corrected chi connectivity index (χ0v) is 84.5. The van der Waals surface area contributed by atoms with Crippen LogP contribution in [0.1, 0.15) is 174 Å². The third-order valence-electron chi connectivity index (χ3n) is 17.8. The summed E-state index contributed by atoms with van der Waals surface area (Å²) in [5, 5.41) is 43.3. The van der Waals surface area contributed by atoms with Crippen LogP contribution in [0.2, 0.25) is 6.82 Å². The number of carbonyl (C=O) groups excluding carboxylic acids is 6. The fraction of sp³-hybridized carbons (Fsp3) is 0.766. The Balaban J connectivity index is 0.000000896. The van der Waals surface area contributed by atoms with Crippen molar-refractivity contribution in [2.75, 3.05) is 134 Å². The van der Waals surface area contributed by atoms with Crippen molar-refractivity contribution in [1.29, 1.82) is 0 Å². The molecule has 56 heteroatoms. The van der Waals surface area contributed by atoms with Crippen LogP contribution in [-0.4, -0.2) is 274 Å². The van der Waals surface area contributed by atoms with Crippen molar-refractivity contribution in [3.63, 3.8) is 0 Å². The number of phosphoric acid groups is 3. The first-order valence-corrected chi connectivity index (χ1v) is 47.5. The molecule has 3 aromatic rings. The standard InChI is InChI=1S/C24H38ClFN3O11P.C22H34ClFN3O11P.C12H17ClFN3O4.C12H23O8P.C6H15N.CH3BOP/c1-8-27-15-9-10-29(21(33)28-15)18-16(26)17(30)24(11-25,40-18)12-37-41(34,38-13-35-19(31)22(2,3)4)39-14-36-20(32)23(5,6)7;1-20(2,3)17(29)33-11-36-39(32,37-12-34-18(30)21(4,5)6)35-10-22(9-23)15(28)14(24)16(38-22)27-8-7-13(25)26-19(27)31;1-16(2)7-3-4-17(11(20)15-7)10-8(14)9(19)12(5-13,6-18)21-10;1-11(2,3)9(13)17-7-19-21(15,16)20-8-18-10(14)12(4,5)6;1-4-7(5-2)6-3;1-2-4-3/h9-10,16-18,30H,8,11-14H2,1-7H3,(H,27,28,33);7-8,14-16,28H,9-12H2,1-6H3,(H2,25,26,31);3-4,8-10,18-19H,5-6H2,1-2H3;7-8H2,1-6H3,(H,15,16);4-6H2,1-3H3;1H3/t16-,17+,18-,24-;14-,15+,16-,22-;8-,9+,10-,12-;;;/m111.../s1/i1T;;1T;;;. The van der Waals surface area contributed by atoms with Crippen LogP contribution in [0.3, 0.4) is 0 Å². The predicted molar refractivity (Wildman–Crippen MR) is 478 cm³/mol. The molecule has 45 nitrogen and oxygen atoms in total. The summed E-state index contributed by atoms with van der Waals surface area (Å²) in [7, 11) is -12.3. The van der Waals surface area contributed by atoms with Gasteiger partial charge in [-0.05, 0) is 169 Å². The molecule has 3 aliphatic rings. The number of hydrogen-bond donors (Lipinski definition) is 7. The molecule has 0 bridgehead atoms. The smallest absolute Gasteiger partial charge is 0.437 e. The number of rotatable bonds is 38. The van der Waals surface area contributed by atoms with Gasteiger partial charge in [0, 0.05) is 41.9 Å². The Bertz CT molecular complexity index is 4480. The molecule has 8 N–H and O–H groups in total. The van der Waals surface area contributed by atoms with Gasteiger partial charge >= 0.3 is 76.4 Å². The van der Waals surface area contributed by atoms with Crippen molar-refractivity contribution in [1.82, 2.24) is 33.6 Å². The van der Waals surface area contributed by atoms with Crippen molar-refractivity contribution < 1.29 is 167 Å². The predicted octanol–water partition coefficient (Wildman–Crippen LogP) is 9.43. The average molecular weight is 2060 g/mol. The molecule has 0 spiro atoms. The van der Waals surface area contributed by atoms with Crippen molar-refractivity contribution in [2.45, 2.75) is 231 Å². The van der Waals surface area contributed by atoms with Gasteiger partial charge in [-0.1, -0.05) is 27.6 Å². The number of halogens is 6. The van der Waals surface area contributed by atoms with Crippen molar-refractivity contribution in [3.8, 4) is 0 Å². The molecule has 0 unspecified atom stereocenters. The Labute approximate surface area is 790 Å². The third-order valence-corrected chi connectivity index (χ3v) is 22.8. The SMILES string of the molecule is CC(C)(C)C(=O)OCOP(=O)(O)OCOC(=O)C(C)(C)C.CC(C)(C)C(=O)OCOP(=O)(OCOC(=O)C(C)(C)C)OC[C@@]1(CCl)O[C@@H](n2ccc(N)nc2=O)[C@H](F)[C@@H]1O.CCN(CC)CC.C[B]P=O.[3H]CCNc1ccn([C@@H]2O[C@](CCl)(COP(=O)(OCOC(=O)C(C)(C)C)OCOC(=O)C(C)(C)C)[C@@H](O)[C@H]2F)c(=O)n1.[3H]CN(C)c1ccn([C@@H]2O[C@@](CO)(CCl)[C@@H](O)[C@H]2F)c(=O)n1. The number of nitrogens with zero attached hydrogens (tertiary/aromatic N) is 8. The van der Waals surface area contributed by atoms with E-state index >= 15 is 8.78 Å². The summed E-state index contributed by atoms with van der Waals surface area (Å²) in [5.74, 6) is -5.25. The molecule has 1 radical (unpaired) electrons. The first-order valence-electron chi connectivity index (χ1n) is 42.0. The van der Waals surface area contributed by atoms with Gasteiger partial charge in [0.15, 0.2) is 37.2 Å². The summed E-state index contributed by atoms with van der Waals surface area (Å²) in [6, 6.07) is 4.00. The minimum Gasteiger partial charge on any atom is -0.437 e. The van der Waals surface area contributed by atoms with Gasteiger partial charge in [0.2, 0.25) is 47.8 Å². The number of ether oxygens (including phenoxy) is 9. The van der Waals surface area contributed by atoms with Crippen LogP contribution >= 0.6 is 66.6 Å². The highest BCUT2D eigenvalue weighted by Gasteiger charge is 2.60. The lowest BCUT2D eigenvalue weighted by Crippen LogP contribution is -2.47. The molecule has 3 fully saturated rings. The fourth-order valence-corrected chi connectivity index (χ4v) is 12.9. The second-order valence-corrected chi connectivity index (χ2v) is 41.4. The number of nitrogens with one attached hydrogen (secondary N) is 1. The Morgan fingerprint density at radius 1 is 0.526 bits per heavy atom. The van der Waals surface area contributed by atoms with E-state index in [9.17, 15) is 91.1 Å². The molecule has 6 heterocycles. The second-order valence-electron chi connectivity index (χ2n) is 35.1. The number of phosphoric ester groups is 3. The lowest BCUT2D eigenvalue weighted by atomic mass is 9.98. The van der Waals surface area contributed by atoms with E-state index in [0.29, 0.717) is 0 Å². The monoisotopic (exact) mass is 2060 g/mol. The number of nitrogen functional groups attached to an aromatic ring is 1. The fourth-order valence-electron chi connectivity index (χ4n) is 9.66. The van der Waals surface area contributed by atoms with Gasteiger partial charge in [-0.15, -0.1) is 34.8 Å². The number of alkyl halides is 6. The van der Waals surface area contributed by atoms with Crippen LogP contribution < -0.4 is 33.0 Å². The van der Waals surface area contributed by atoms with E-state index in [1.54, 1.807) is 145 Å². The Morgan fingerprint density at radius 3 is 1.06 bits per heavy atom. The van der Waals surface area contributed by atoms with Gasteiger partial charge in [-0.3, -0.25) is 56.1 Å². The minimum atomic E-state index is -4.74. The zero-order valence-electron chi connectivity index (χ0n) is 80.7. The van der Waals surface area contributed by atoms with E-state index in [1.807, 2.05) is 0 Å². The highest BCUT2D eigenvalue weighted by molar-refractivity contribution is 7.60. The summed E-state index contributed by atoms with van der Waals surface area (Å²) in [6.45, 7) is 34.7. The molecular formula is C77H130BCl3F3N10O35P4. The molecular weight excluding hydrogens is 1920 g/mol. The number of carbonyl (C=O) groups is 6. The van der Waals surface area contributed by atoms with Crippen molar-refractivity contribution in [2.24, 2.45) is 32.5 Å². The molecule has 0 aromatic carbocycles. The summed E-state index contributed by atoms with van der Waals surface area (Å²) >= 11 is 17.7. The third kappa shape index (κ3) is 39.8. The van der Waals surface area contributed by atoms with Crippen LogP contribution in [0.4, 0.5) is 30.6 Å². The van der Waals surface area contributed by atoms with Crippen LogP contribution in [0.25, 0.3) is 0 Å². The van der Waals surface area contributed by atoms with E-state index in [-0.39, 0.29) is 52.1 Å². The molecule has 133 heavy (non-hydrogen) atoms. The van der Waals surface area contributed by atoms with E-state index in [4.69, 9.17) is 104 Å². The highest BCUT2D eigenvalue weighted by Crippen LogP contribution is 2.54. The number of nitrogens with two attached hydrogens (primary N) is 1. The minimum absolute atomic E-state index is 0.0306. The largest absolute Gasteiger partial charge is 0.480 e. The number of aliphatic hydroxyl groups is 4. The number of esters is 6. The number of aliphatic hydroxyl groups excluding tert-OH is 4. The maximum atomic E-state index is 15.3. The van der Waals surface area contributed by atoms with Crippen molar-refractivity contribution in [3.05, 3.63) is 68.2 Å². The van der Waals surface area contributed by atoms with Gasteiger partial charge in [-0.25, -0.2) is 68.4 Å². The van der Waals surface area contributed by atoms with Crippen LogP contribution in [0.15, 0.2) is 51.2 Å². The second kappa shape index (κ2) is 54.9. The van der Waals surface area contributed by atoms with Gasteiger partial charge in [0.05, 0.1) is 78.3 Å². The molecule has 3 aliphatic heterocycles. The molecule has 6 rings (SSSR count). The molecule has 3 saturated heterocycles. The molecule has 3 aromatic heterocycles. The average Bonchev–Trinajstić information content (AvgIpc) is 1.62. The van der Waals surface area contributed by atoms with E-state index in [2.05, 4.69) is 64.5 Å². The number of aromatic nitrogens is 6. The maximum absolute atomic E-state index is 15.3. The zero-order chi connectivity index (χ0) is 104. The van der Waals surface area contributed by atoms with Gasteiger partial charge in [0.25, 0.3) is 0 Å². The van der Waals surface area contributed by atoms with Crippen LogP contribution in [-0.2, 0) is 126 Å². The summed E-state index contributed by atoms with van der Waals surface area (Å²) < 4.78 is 194. The van der Waals surface area contributed by atoms with E-state index in [0.717, 1.165) is 19.9 Å². The van der Waals surface area contributed by atoms with Gasteiger partial charge < -0.3 is 88.8 Å². The quantitative estimate of drug-likeness (QED) is 0.00701. The maximum Gasteiger partial charge on any atom is 0.480 e. The molecule has 0 saturated carbocycles. The first-order chi connectivity index (χ1) is 62.1. The first kappa shape index (κ1) is 121. The molecule has 0 amide bonds. The Kier molecular flexibility index (Phi) is 49.9. The molecule has 763 valence electrons. The van der Waals surface area contributed by atoms with E-state index in [1.165, 1.54) is 55.1 Å². The van der Waals surface area contributed by atoms with Crippen molar-refractivity contribution >= 4 is 127 Å². The lowest BCUT2D eigenvalue weighted by molar-refractivity contribution is -0.166. The summed E-state index contributed by atoms with van der Waals surface area (Å²) in [5.41, 5.74) is -8.19.